The average Bonchev–Trinajstić information content (AvgIpc) is 3.71. The summed E-state index contributed by atoms with van der Waals surface area (Å²) < 4.78 is 12.8. The third-order valence-corrected chi connectivity index (χ3v) is 8.11. The first-order valence-electron chi connectivity index (χ1n) is 13.8. The smallest absolute Gasteiger partial charge is 0.269 e. The maximum Gasteiger partial charge on any atom is 0.269 e. The second-order valence-electron chi connectivity index (χ2n) is 10.4. The average molecular weight is 526 g/mol. The van der Waals surface area contributed by atoms with E-state index in [1.807, 2.05) is 12.1 Å². The zero-order chi connectivity index (χ0) is 26.9. The Morgan fingerprint density at radius 3 is 2.12 bits per heavy atom. The molecule has 0 bridgehead atoms. The van der Waals surface area contributed by atoms with E-state index in [9.17, 15) is 0 Å². The molecule has 0 aliphatic rings. The zero-order valence-electron chi connectivity index (χ0n) is 22.0. The van der Waals surface area contributed by atoms with E-state index in [4.69, 9.17) is 4.42 Å². The first-order valence-corrected chi connectivity index (χ1v) is 13.8. The van der Waals surface area contributed by atoms with Crippen molar-refractivity contribution in [3.05, 3.63) is 146 Å². The van der Waals surface area contributed by atoms with Crippen LogP contribution in [0.2, 0.25) is 0 Å². The van der Waals surface area contributed by atoms with Gasteiger partial charge >= 0.3 is 0 Å². The van der Waals surface area contributed by atoms with Crippen LogP contribution in [0.25, 0.3) is 71.8 Å². The first kappa shape index (κ1) is 22.2. The first-order chi connectivity index (χ1) is 20.3. The number of fused-ring (bicyclic) bond motifs is 7. The van der Waals surface area contributed by atoms with E-state index < -0.39 is 0 Å². The van der Waals surface area contributed by atoms with Crippen LogP contribution in [0.1, 0.15) is 0 Å². The molecule has 4 nitrogen and oxygen atoms in total. The third-order valence-electron chi connectivity index (χ3n) is 8.11. The van der Waals surface area contributed by atoms with Crippen LogP contribution in [0.3, 0.4) is 0 Å². The van der Waals surface area contributed by atoms with Crippen LogP contribution < -0.4 is 4.57 Å². The van der Waals surface area contributed by atoms with Crippen molar-refractivity contribution in [2.24, 2.45) is 0 Å². The Morgan fingerprint density at radius 2 is 1.22 bits per heavy atom. The Morgan fingerprint density at radius 1 is 0.512 bits per heavy atom. The molecule has 0 atom stereocenters. The molecule has 0 N–H and O–H groups in total. The van der Waals surface area contributed by atoms with Crippen LogP contribution in [0.4, 0.5) is 0 Å². The number of para-hydroxylation sites is 6. The standard InChI is InChI=1S/C37H23N3O/c1-2-11-25(12-3-1)40-31-16-6-4-13-27(31)29-15-10-19-34(37(29)40)39-24-38(32-17-7-8-18-33(32)39)26-21-22-36-30(23-26)28-14-5-9-20-35(28)41-36/h1-23H. The molecule has 0 spiro atoms. The van der Waals surface area contributed by atoms with Gasteiger partial charge in [0.25, 0.3) is 6.33 Å². The molecule has 192 valence electrons. The molecule has 9 rings (SSSR count). The van der Waals surface area contributed by atoms with E-state index in [0.29, 0.717) is 0 Å². The fraction of sp³-hybridized carbons (Fsp3) is 0. The highest BCUT2D eigenvalue weighted by atomic mass is 16.3. The fourth-order valence-electron chi connectivity index (χ4n) is 6.31. The van der Waals surface area contributed by atoms with Gasteiger partial charge in [-0.25, -0.2) is 0 Å². The molecule has 6 aromatic carbocycles. The highest BCUT2D eigenvalue weighted by Gasteiger charge is 2.19. The normalized spacial score (nSPS) is 11.9. The SMILES string of the molecule is [c-]1n(-c2ccc3oc4ccccc4c3c2)c2ccccc2[n+]1-c1cccc2c3ccccc3n(-c3ccccc3)c12. The summed E-state index contributed by atoms with van der Waals surface area (Å²) in [5.41, 5.74) is 9.53. The molecule has 0 saturated heterocycles. The monoisotopic (exact) mass is 525 g/mol. The third kappa shape index (κ3) is 3.19. The summed E-state index contributed by atoms with van der Waals surface area (Å²) in [5.74, 6) is 0. The van der Waals surface area contributed by atoms with Crippen molar-refractivity contribution in [3.8, 4) is 17.1 Å². The lowest BCUT2D eigenvalue weighted by atomic mass is 10.1. The van der Waals surface area contributed by atoms with E-state index >= 15 is 0 Å². The quantitative estimate of drug-likeness (QED) is 0.167. The van der Waals surface area contributed by atoms with Crippen molar-refractivity contribution >= 4 is 54.8 Å². The van der Waals surface area contributed by atoms with E-state index in [1.165, 1.54) is 16.3 Å². The van der Waals surface area contributed by atoms with Crippen LogP contribution in [0, 0.1) is 6.33 Å². The number of aromatic nitrogens is 3. The number of nitrogens with zero attached hydrogens (tertiary/aromatic N) is 3. The zero-order valence-corrected chi connectivity index (χ0v) is 22.0. The van der Waals surface area contributed by atoms with Crippen molar-refractivity contribution < 1.29 is 8.98 Å². The lowest BCUT2D eigenvalue weighted by Crippen LogP contribution is -2.30. The van der Waals surface area contributed by atoms with Gasteiger partial charge in [0.15, 0.2) is 0 Å². The van der Waals surface area contributed by atoms with E-state index in [2.05, 4.69) is 147 Å². The van der Waals surface area contributed by atoms with Crippen molar-refractivity contribution in [2.45, 2.75) is 0 Å². The maximum absolute atomic E-state index is 6.11. The molecular weight excluding hydrogens is 502 g/mol. The summed E-state index contributed by atoms with van der Waals surface area (Å²) in [6, 6.07) is 48.9. The van der Waals surface area contributed by atoms with Gasteiger partial charge in [-0.3, -0.25) is 9.13 Å². The molecule has 0 aliphatic carbocycles. The van der Waals surface area contributed by atoms with Crippen LogP contribution in [-0.2, 0) is 0 Å². The van der Waals surface area contributed by atoms with Crippen LogP contribution >= 0.6 is 0 Å². The molecule has 0 fully saturated rings. The van der Waals surface area contributed by atoms with Crippen molar-refractivity contribution in [1.82, 2.24) is 9.13 Å². The lowest BCUT2D eigenvalue weighted by Gasteiger charge is -2.12. The highest BCUT2D eigenvalue weighted by Crippen LogP contribution is 2.35. The molecule has 41 heavy (non-hydrogen) atoms. The number of imidazole rings is 1. The largest absolute Gasteiger partial charge is 0.456 e. The van der Waals surface area contributed by atoms with Crippen molar-refractivity contribution in [3.63, 3.8) is 0 Å². The number of hydrogen-bond donors (Lipinski definition) is 0. The molecule has 4 heteroatoms. The van der Waals surface area contributed by atoms with E-state index in [1.54, 1.807) is 0 Å². The summed E-state index contributed by atoms with van der Waals surface area (Å²) in [4.78, 5) is 0. The minimum atomic E-state index is 0.886. The number of furan rings is 1. The van der Waals surface area contributed by atoms with Gasteiger partial charge in [0.05, 0.1) is 33.4 Å². The molecule has 3 aromatic heterocycles. The van der Waals surface area contributed by atoms with Gasteiger partial charge in [0.2, 0.25) is 0 Å². The Labute approximate surface area is 235 Å². The number of rotatable bonds is 3. The van der Waals surface area contributed by atoms with Crippen molar-refractivity contribution in [1.29, 1.82) is 0 Å². The van der Waals surface area contributed by atoms with Crippen LogP contribution in [0.15, 0.2) is 144 Å². The molecular formula is C37H23N3O. The summed E-state index contributed by atoms with van der Waals surface area (Å²) in [6.07, 6.45) is 3.73. The van der Waals surface area contributed by atoms with Crippen LogP contribution in [0.5, 0.6) is 0 Å². The summed E-state index contributed by atoms with van der Waals surface area (Å²) in [5, 5.41) is 4.66. The molecule has 3 heterocycles. The Bertz CT molecular complexity index is 2420. The number of benzene rings is 6. The minimum Gasteiger partial charge on any atom is -0.456 e. The summed E-state index contributed by atoms with van der Waals surface area (Å²) in [6.45, 7) is 0. The Balaban J connectivity index is 1.36. The molecule has 0 radical (unpaired) electrons. The molecule has 9 aromatic rings. The predicted molar refractivity (Wildman–Crippen MR) is 165 cm³/mol. The second kappa shape index (κ2) is 8.44. The molecule has 0 saturated carbocycles. The van der Waals surface area contributed by atoms with Crippen LogP contribution in [-0.4, -0.2) is 9.13 Å². The highest BCUT2D eigenvalue weighted by molar-refractivity contribution is 6.11. The second-order valence-corrected chi connectivity index (χ2v) is 10.4. The van der Waals surface area contributed by atoms with E-state index in [0.717, 1.165) is 55.6 Å². The van der Waals surface area contributed by atoms with Crippen molar-refractivity contribution in [2.75, 3.05) is 0 Å². The Hall–Kier alpha value is -5.61. The van der Waals surface area contributed by atoms with Gasteiger partial charge in [-0.1, -0.05) is 91.0 Å². The maximum atomic E-state index is 6.11. The van der Waals surface area contributed by atoms with Gasteiger partial charge in [-0.15, -0.1) is 0 Å². The fourth-order valence-corrected chi connectivity index (χ4v) is 6.31. The number of hydrogen-bond acceptors (Lipinski definition) is 1. The van der Waals surface area contributed by atoms with Gasteiger partial charge in [-0.05, 0) is 48.5 Å². The predicted octanol–water partition coefficient (Wildman–Crippen LogP) is 8.70. The van der Waals surface area contributed by atoms with E-state index in [-0.39, 0.29) is 0 Å². The lowest BCUT2D eigenvalue weighted by molar-refractivity contribution is -0.571. The Kier molecular flexibility index (Phi) is 4.58. The molecule has 0 amide bonds. The van der Waals surface area contributed by atoms with Gasteiger partial charge in [0, 0.05) is 27.2 Å². The molecule has 0 aliphatic heterocycles. The van der Waals surface area contributed by atoms with Gasteiger partial charge < -0.3 is 8.98 Å². The summed E-state index contributed by atoms with van der Waals surface area (Å²) in [7, 11) is 0. The summed E-state index contributed by atoms with van der Waals surface area (Å²) >= 11 is 0. The minimum absolute atomic E-state index is 0.886. The molecule has 0 unspecified atom stereocenters. The van der Waals surface area contributed by atoms with Gasteiger partial charge in [0.1, 0.15) is 11.2 Å². The van der Waals surface area contributed by atoms with Gasteiger partial charge in [-0.2, -0.15) is 0 Å². The topological polar surface area (TPSA) is 26.9 Å².